The number of fused-ring (bicyclic) bond motifs is 2. The zero-order chi connectivity index (χ0) is 18.4. The summed E-state index contributed by atoms with van der Waals surface area (Å²) in [6.45, 7) is 0. The topological polar surface area (TPSA) is 43.4 Å². The van der Waals surface area contributed by atoms with Crippen LogP contribution in [0.4, 0.5) is 0 Å². The highest BCUT2D eigenvalue weighted by atomic mass is 35.5. The smallest absolute Gasteiger partial charge is 0.150 e. The van der Waals surface area contributed by atoms with Crippen LogP contribution in [0.5, 0.6) is 5.75 Å². The number of halogens is 2. The van der Waals surface area contributed by atoms with E-state index < -0.39 is 5.92 Å². The van der Waals surface area contributed by atoms with Crippen molar-refractivity contribution in [3.8, 4) is 16.9 Å². The van der Waals surface area contributed by atoms with Gasteiger partial charge in [-0.2, -0.15) is 0 Å². The molecule has 0 radical (unpaired) electrons. The SMILES string of the molecule is COc1ccc(-c2ccc(Cl)cc2Cl)cc1C1C(=O)C2CC[C@@H](C2)C1=O. The van der Waals surface area contributed by atoms with Gasteiger partial charge >= 0.3 is 0 Å². The lowest BCUT2D eigenvalue weighted by atomic mass is 9.75. The van der Waals surface area contributed by atoms with Crippen LogP contribution >= 0.6 is 23.2 Å². The van der Waals surface area contributed by atoms with Crippen molar-refractivity contribution in [3.05, 3.63) is 52.0 Å². The summed E-state index contributed by atoms with van der Waals surface area (Å²) >= 11 is 12.3. The lowest BCUT2D eigenvalue weighted by molar-refractivity contribution is -0.136. The maximum Gasteiger partial charge on any atom is 0.150 e. The molecule has 5 heteroatoms. The van der Waals surface area contributed by atoms with E-state index in [0.717, 1.165) is 24.0 Å². The number of ether oxygens (including phenoxy) is 1. The van der Waals surface area contributed by atoms with Crippen molar-refractivity contribution in [2.24, 2.45) is 11.8 Å². The summed E-state index contributed by atoms with van der Waals surface area (Å²) in [5, 5.41) is 1.08. The average Bonchev–Trinajstić information content (AvgIpc) is 3.07. The minimum absolute atomic E-state index is 0.00446. The molecule has 26 heavy (non-hydrogen) atoms. The predicted molar refractivity (Wildman–Crippen MR) is 102 cm³/mol. The number of carbonyl (C=O) groups is 2. The minimum atomic E-state index is -0.734. The van der Waals surface area contributed by atoms with Crippen LogP contribution in [0.15, 0.2) is 36.4 Å². The Morgan fingerprint density at radius 1 is 0.962 bits per heavy atom. The van der Waals surface area contributed by atoms with E-state index in [1.807, 2.05) is 18.2 Å². The molecule has 3 nitrogen and oxygen atoms in total. The first-order valence-electron chi connectivity index (χ1n) is 8.70. The molecule has 0 heterocycles. The lowest BCUT2D eigenvalue weighted by Gasteiger charge is -2.27. The summed E-state index contributed by atoms with van der Waals surface area (Å²) in [7, 11) is 1.56. The fourth-order valence-electron chi connectivity index (χ4n) is 4.27. The summed E-state index contributed by atoms with van der Waals surface area (Å²) in [6, 6.07) is 10.8. The normalized spacial score (nSPS) is 24.8. The van der Waals surface area contributed by atoms with Gasteiger partial charge in [-0.25, -0.2) is 0 Å². The zero-order valence-corrected chi connectivity index (χ0v) is 15.8. The van der Waals surface area contributed by atoms with Crippen LogP contribution in [-0.4, -0.2) is 18.7 Å². The molecular formula is C21H18Cl2O3. The maximum absolute atomic E-state index is 12.9. The van der Waals surface area contributed by atoms with Crippen LogP contribution in [0.2, 0.25) is 10.0 Å². The quantitative estimate of drug-likeness (QED) is 0.668. The van der Waals surface area contributed by atoms with Crippen LogP contribution in [0.25, 0.3) is 11.1 Å². The molecule has 4 rings (SSSR count). The molecule has 2 aliphatic carbocycles. The van der Waals surface area contributed by atoms with Crippen molar-refractivity contribution in [3.63, 3.8) is 0 Å². The van der Waals surface area contributed by atoms with Gasteiger partial charge in [0.15, 0.2) is 11.6 Å². The number of hydrogen-bond acceptors (Lipinski definition) is 3. The molecule has 2 aromatic rings. The van der Waals surface area contributed by atoms with E-state index in [-0.39, 0.29) is 23.4 Å². The van der Waals surface area contributed by atoms with E-state index >= 15 is 0 Å². The van der Waals surface area contributed by atoms with Gasteiger partial charge < -0.3 is 4.74 Å². The third-order valence-electron chi connectivity index (χ3n) is 5.59. The highest BCUT2D eigenvalue weighted by molar-refractivity contribution is 6.36. The second kappa shape index (κ2) is 6.71. The predicted octanol–water partition coefficient (Wildman–Crippen LogP) is 5.32. The van der Waals surface area contributed by atoms with Gasteiger partial charge in [0.05, 0.1) is 7.11 Å². The van der Waals surface area contributed by atoms with Gasteiger partial charge in [0.25, 0.3) is 0 Å². The van der Waals surface area contributed by atoms with E-state index in [2.05, 4.69) is 0 Å². The summed E-state index contributed by atoms with van der Waals surface area (Å²) in [5.74, 6) is -0.123. The number of methoxy groups -OCH3 is 1. The van der Waals surface area contributed by atoms with Crippen molar-refractivity contribution in [2.75, 3.05) is 7.11 Å². The lowest BCUT2D eigenvalue weighted by Crippen LogP contribution is -2.35. The molecular weight excluding hydrogens is 371 g/mol. The Morgan fingerprint density at radius 2 is 1.65 bits per heavy atom. The van der Waals surface area contributed by atoms with Crippen molar-refractivity contribution in [1.82, 2.24) is 0 Å². The Balaban J connectivity index is 1.83. The van der Waals surface area contributed by atoms with E-state index in [4.69, 9.17) is 27.9 Å². The van der Waals surface area contributed by atoms with E-state index in [1.165, 1.54) is 0 Å². The van der Waals surface area contributed by atoms with Crippen LogP contribution in [0.3, 0.4) is 0 Å². The Kier molecular flexibility index (Phi) is 4.54. The number of ketones is 2. The van der Waals surface area contributed by atoms with E-state index in [0.29, 0.717) is 27.8 Å². The van der Waals surface area contributed by atoms with Crippen molar-refractivity contribution >= 4 is 34.8 Å². The van der Waals surface area contributed by atoms with Crippen LogP contribution < -0.4 is 4.74 Å². The summed E-state index contributed by atoms with van der Waals surface area (Å²) in [6.07, 6.45) is 2.34. The fourth-order valence-corrected chi connectivity index (χ4v) is 4.79. The molecule has 0 saturated heterocycles. The molecule has 2 unspecified atom stereocenters. The van der Waals surface area contributed by atoms with Gasteiger partial charge in [-0.15, -0.1) is 0 Å². The molecule has 3 atom stereocenters. The Morgan fingerprint density at radius 3 is 2.27 bits per heavy atom. The average molecular weight is 389 g/mol. The van der Waals surface area contributed by atoms with Crippen molar-refractivity contribution < 1.29 is 14.3 Å². The van der Waals surface area contributed by atoms with Crippen LogP contribution in [-0.2, 0) is 9.59 Å². The molecule has 0 aromatic heterocycles. The highest BCUT2D eigenvalue weighted by Crippen LogP contribution is 2.46. The van der Waals surface area contributed by atoms with Gasteiger partial charge in [0.2, 0.25) is 0 Å². The number of rotatable bonds is 3. The van der Waals surface area contributed by atoms with Gasteiger partial charge in [0, 0.05) is 33.0 Å². The summed E-state index contributed by atoms with van der Waals surface area (Å²) < 4.78 is 5.47. The molecule has 0 aliphatic heterocycles. The first-order valence-corrected chi connectivity index (χ1v) is 9.46. The Bertz CT molecular complexity index is 884. The summed E-state index contributed by atoms with van der Waals surface area (Å²) in [4.78, 5) is 25.8. The standard InChI is InChI=1S/C21H18Cl2O3/c1-26-18-7-4-11(15-6-5-14(22)10-17(15)23)9-16(18)19-20(24)12-2-3-13(8-12)21(19)25/h4-7,9-10,12-13,19H,2-3,8H2,1H3/t12-,13?,19?/m0/s1. The van der Waals surface area contributed by atoms with Crippen molar-refractivity contribution in [1.29, 1.82) is 0 Å². The van der Waals surface area contributed by atoms with Crippen LogP contribution in [0, 0.1) is 11.8 Å². The molecule has 2 aromatic carbocycles. The van der Waals surface area contributed by atoms with Crippen LogP contribution in [0.1, 0.15) is 30.7 Å². The van der Waals surface area contributed by atoms with Gasteiger partial charge in [-0.3, -0.25) is 9.59 Å². The Hall–Kier alpha value is -1.84. The van der Waals surface area contributed by atoms with Gasteiger partial charge in [-0.1, -0.05) is 35.3 Å². The summed E-state index contributed by atoms with van der Waals surface area (Å²) in [5.41, 5.74) is 2.28. The van der Waals surface area contributed by atoms with Crippen molar-refractivity contribution in [2.45, 2.75) is 25.2 Å². The van der Waals surface area contributed by atoms with Gasteiger partial charge in [-0.05, 0) is 49.1 Å². The first-order chi connectivity index (χ1) is 12.5. The van der Waals surface area contributed by atoms with Gasteiger partial charge in [0.1, 0.15) is 11.7 Å². The second-order valence-electron chi connectivity index (χ2n) is 7.03. The number of Topliss-reactive ketones (excluding diaryl/α,β-unsaturated/α-hetero) is 2. The third kappa shape index (κ3) is 2.83. The number of carbonyl (C=O) groups excluding carboxylic acids is 2. The second-order valence-corrected chi connectivity index (χ2v) is 7.87. The van der Waals surface area contributed by atoms with E-state index in [9.17, 15) is 9.59 Å². The molecule has 0 spiro atoms. The zero-order valence-electron chi connectivity index (χ0n) is 14.3. The van der Waals surface area contributed by atoms with E-state index in [1.54, 1.807) is 25.3 Å². The fraction of sp³-hybridized carbons (Fsp3) is 0.333. The molecule has 0 amide bonds. The maximum atomic E-state index is 12.9. The first kappa shape index (κ1) is 17.6. The number of hydrogen-bond donors (Lipinski definition) is 0. The minimum Gasteiger partial charge on any atom is -0.496 e. The number of benzene rings is 2. The highest BCUT2D eigenvalue weighted by Gasteiger charge is 2.48. The largest absolute Gasteiger partial charge is 0.496 e. The molecule has 2 fully saturated rings. The molecule has 2 saturated carbocycles. The Labute approximate surface area is 162 Å². The molecule has 2 aliphatic rings. The molecule has 0 N–H and O–H groups in total. The molecule has 2 bridgehead atoms. The monoisotopic (exact) mass is 388 g/mol. The third-order valence-corrected chi connectivity index (χ3v) is 6.14. The molecule has 134 valence electrons.